The third-order valence-electron chi connectivity index (χ3n) is 9.28. The maximum Gasteiger partial charge on any atom is 0.334 e. The molecule has 1 N–H and O–H groups in total. The molecule has 0 aromatic carbocycles. The lowest BCUT2D eigenvalue weighted by Gasteiger charge is -2.51. The fourth-order valence-corrected chi connectivity index (χ4v) is 7.77. The molecule has 7 rings (SSSR count). The largest absolute Gasteiger partial charge is 0.458 e. The summed E-state index contributed by atoms with van der Waals surface area (Å²) in [7, 11) is 0. The number of carbonyl (C=O) groups is 2. The van der Waals surface area contributed by atoms with Gasteiger partial charge in [-0.3, -0.25) is 4.79 Å². The molecule has 150 valence electrons. The minimum atomic E-state index is -0.947. The number of hydrogen-bond acceptors (Lipinski definition) is 7. The molecule has 0 unspecified atom stereocenters. The highest BCUT2D eigenvalue weighted by Gasteiger charge is 3.01. The first-order chi connectivity index (χ1) is 13.4. The summed E-state index contributed by atoms with van der Waals surface area (Å²) in [5.74, 6) is -0.289. The highest BCUT2D eigenvalue weighted by Crippen LogP contribution is 2.81. The zero-order valence-corrected chi connectivity index (χ0v) is 16.0. The molecule has 3 saturated heterocycles. The van der Waals surface area contributed by atoms with Crippen LogP contribution in [0.2, 0.25) is 0 Å². The van der Waals surface area contributed by atoms with E-state index < -0.39 is 16.8 Å². The number of rotatable bonds is 3. The van der Waals surface area contributed by atoms with E-state index in [0.29, 0.717) is 25.9 Å². The fourth-order valence-electron chi connectivity index (χ4n) is 7.77. The highest BCUT2D eigenvalue weighted by molar-refractivity contribution is 6.05. The summed E-state index contributed by atoms with van der Waals surface area (Å²) in [5.41, 5.74) is -0.930. The van der Waals surface area contributed by atoms with Crippen molar-refractivity contribution in [3.63, 3.8) is 0 Å². The van der Waals surface area contributed by atoms with Crippen LogP contribution in [0.5, 0.6) is 0 Å². The molecule has 0 bridgehead atoms. The van der Waals surface area contributed by atoms with Crippen molar-refractivity contribution in [2.24, 2.45) is 17.3 Å². The van der Waals surface area contributed by atoms with Gasteiger partial charge in [-0.05, 0) is 37.2 Å². The van der Waals surface area contributed by atoms with Crippen molar-refractivity contribution < 1.29 is 33.6 Å². The Morgan fingerprint density at radius 2 is 2.04 bits per heavy atom. The van der Waals surface area contributed by atoms with Crippen LogP contribution in [0.1, 0.15) is 39.5 Å². The molecule has 7 aliphatic rings. The molecule has 2 spiro atoms. The first kappa shape index (κ1) is 16.5. The quantitative estimate of drug-likeness (QED) is 0.560. The number of aliphatic hydroxyl groups is 1. The zero-order valence-electron chi connectivity index (χ0n) is 16.0. The summed E-state index contributed by atoms with van der Waals surface area (Å²) in [6, 6.07) is 0. The van der Waals surface area contributed by atoms with Gasteiger partial charge in [0.15, 0.2) is 11.2 Å². The molecule has 0 amide bonds. The Bertz CT molecular complexity index is 891. The first-order valence-corrected chi connectivity index (χ1v) is 10.5. The molecule has 7 nitrogen and oxygen atoms in total. The third-order valence-corrected chi connectivity index (χ3v) is 9.28. The monoisotopic (exact) mass is 388 g/mol. The zero-order chi connectivity index (χ0) is 19.3. The molecule has 7 heteroatoms. The van der Waals surface area contributed by atoms with Crippen molar-refractivity contribution in [2.75, 3.05) is 13.2 Å². The van der Waals surface area contributed by atoms with Crippen molar-refractivity contribution in [1.29, 1.82) is 0 Å². The smallest absolute Gasteiger partial charge is 0.334 e. The van der Waals surface area contributed by atoms with Crippen molar-refractivity contribution >= 4 is 11.8 Å². The number of carbonyl (C=O) groups excluding carboxylic acids is 2. The molecule has 0 aromatic heterocycles. The number of ether oxygens (including phenoxy) is 4. The SMILES string of the molecule is CC[C@H](CO)[C@]12O[C@H]1[C@@H]1O[C@@]13[C@@]1(C)CCC4=C(COC4=O)[C@@H]1C[C@@H]1O[C@@]13C2=O. The van der Waals surface area contributed by atoms with Gasteiger partial charge in [-0.1, -0.05) is 13.8 Å². The Labute approximate surface area is 162 Å². The summed E-state index contributed by atoms with van der Waals surface area (Å²) in [5, 5.41) is 9.88. The minimum Gasteiger partial charge on any atom is -0.458 e. The normalized spacial score (nSPS) is 57.8. The average molecular weight is 388 g/mol. The molecule has 5 fully saturated rings. The summed E-state index contributed by atoms with van der Waals surface area (Å²) < 4.78 is 24.1. The summed E-state index contributed by atoms with van der Waals surface area (Å²) >= 11 is 0. The van der Waals surface area contributed by atoms with E-state index in [4.69, 9.17) is 18.9 Å². The predicted molar refractivity (Wildman–Crippen MR) is 92.1 cm³/mol. The van der Waals surface area contributed by atoms with Gasteiger partial charge < -0.3 is 24.1 Å². The second-order valence-corrected chi connectivity index (χ2v) is 9.85. The maximum atomic E-state index is 13.8. The lowest BCUT2D eigenvalue weighted by molar-refractivity contribution is -0.141. The summed E-state index contributed by atoms with van der Waals surface area (Å²) in [6.45, 7) is 4.46. The Kier molecular flexibility index (Phi) is 2.60. The average Bonchev–Trinajstić information content (AvgIpc) is 3.57. The first-order valence-electron chi connectivity index (χ1n) is 10.5. The third kappa shape index (κ3) is 1.32. The number of hydrogen-bond donors (Lipinski definition) is 1. The number of esters is 1. The number of cyclic esters (lactones) is 1. The van der Waals surface area contributed by atoms with E-state index in [1.807, 2.05) is 6.92 Å². The maximum absolute atomic E-state index is 13.8. The van der Waals surface area contributed by atoms with E-state index in [1.165, 1.54) is 0 Å². The second kappa shape index (κ2) is 4.41. The van der Waals surface area contributed by atoms with Gasteiger partial charge in [-0.2, -0.15) is 0 Å². The Morgan fingerprint density at radius 1 is 1.21 bits per heavy atom. The van der Waals surface area contributed by atoms with E-state index >= 15 is 0 Å². The van der Waals surface area contributed by atoms with Crippen LogP contribution in [0.25, 0.3) is 0 Å². The molecular formula is C21H24O7. The van der Waals surface area contributed by atoms with Crippen LogP contribution in [0.4, 0.5) is 0 Å². The molecule has 4 heterocycles. The van der Waals surface area contributed by atoms with Crippen LogP contribution in [0, 0.1) is 17.3 Å². The van der Waals surface area contributed by atoms with E-state index in [0.717, 1.165) is 17.6 Å². The van der Waals surface area contributed by atoms with Crippen LogP contribution in [-0.4, -0.2) is 65.2 Å². The van der Waals surface area contributed by atoms with Crippen LogP contribution < -0.4 is 0 Å². The van der Waals surface area contributed by atoms with Gasteiger partial charge in [0.1, 0.15) is 24.4 Å². The lowest BCUT2D eigenvalue weighted by atomic mass is 9.47. The lowest BCUT2D eigenvalue weighted by Crippen LogP contribution is -2.68. The van der Waals surface area contributed by atoms with Gasteiger partial charge in [0.25, 0.3) is 0 Å². The predicted octanol–water partition coefficient (Wildman–Crippen LogP) is 0.674. The van der Waals surface area contributed by atoms with Crippen molar-refractivity contribution in [2.45, 2.75) is 74.6 Å². The summed E-state index contributed by atoms with van der Waals surface area (Å²) in [4.78, 5) is 25.9. The van der Waals surface area contributed by atoms with Gasteiger partial charge in [0.05, 0.1) is 6.10 Å². The molecule has 0 aromatic rings. The van der Waals surface area contributed by atoms with E-state index in [1.54, 1.807) is 0 Å². The standard InChI is InChI=1S/C21H24O7/c1-3-9(7-22)19-14(27-19)15-21(28-15)18(2)5-4-10-11(8-25-16(10)23)12(18)6-13-20(21,26-13)17(19)24/h9,12-15,22H,3-8H2,1-2H3/t9-,12+,13+,14+,15+,18+,19+,20-,21-/m1/s1. The van der Waals surface area contributed by atoms with E-state index in [2.05, 4.69) is 6.92 Å². The van der Waals surface area contributed by atoms with Crippen LogP contribution in [-0.2, 0) is 28.5 Å². The van der Waals surface area contributed by atoms with Crippen LogP contribution >= 0.6 is 0 Å². The molecule has 0 radical (unpaired) electrons. The molecule has 4 aliphatic heterocycles. The Morgan fingerprint density at radius 3 is 2.79 bits per heavy atom. The molecule has 2 saturated carbocycles. The van der Waals surface area contributed by atoms with Crippen LogP contribution in [0.15, 0.2) is 11.1 Å². The van der Waals surface area contributed by atoms with Gasteiger partial charge in [0, 0.05) is 23.5 Å². The topological polar surface area (TPSA) is 101 Å². The van der Waals surface area contributed by atoms with Crippen molar-refractivity contribution in [3.8, 4) is 0 Å². The van der Waals surface area contributed by atoms with Gasteiger partial charge in [-0.15, -0.1) is 0 Å². The summed E-state index contributed by atoms with van der Waals surface area (Å²) in [6.07, 6.45) is 2.16. The molecule has 9 atom stereocenters. The number of Topliss-reactive ketones (excluding diaryl/α,β-unsaturated/α-hetero) is 1. The van der Waals surface area contributed by atoms with Crippen molar-refractivity contribution in [3.05, 3.63) is 11.1 Å². The fraction of sp³-hybridized carbons (Fsp3) is 0.810. The minimum absolute atomic E-state index is 0.0113. The molecular weight excluding hydrogens is 364 g/mol. The number of fused-ring (bicyclic) bond motifs is 4. The Balaban J connectivity index is 1.36. The van der Waals surface area contributed by atoms with Crippen molar-refractivity contribution in [1.82, 2.24) is 0 Å². The van der Waals surface area contributed by atoms with Gasteiger partial charge >= 0.3 is 5.97 Å². The van der Waals surface area contributed by atoms with E-state index in [9.17, 15) is 14.7 Å². The van der Waals surface area contributed by atoms with E-state index in [-0.39, 0.29) is 53.9 Å². The highest BCUT2D eigenvalue weighted by atomic mass is 16.7. The van der Waals surface area contributed by atoms with Gasteiger partial charge in [0.2, 0.25) is 5.78 Å². The number of ketones is 1. The van der Waals surface area contributed by atoms with Crippen LogP contribution in [0.3, 0.4) is 0 Å². The Hall–Kier alpha value is -1.28. The molecule has 28 heavy (non-hydrogen) atoms. The second-order valence-electron chi connectivity index (χ2n) is 9.85. The number of epoxide rings is 3. The molecule has 3 aliphatic carbocycles. The van der Waals surface area contributed by atoms with Gasteiger partial charge in [-0.25, -0.2) is 4.79 Å². The number of aliphatic hydroxyl groups excluding tert-OH is 1.